The van der Waals surface area contributed by atoms with E-state index in [4.69, 9.17) is 0 Å². The monoisotopic (exact) mass is 434 g/mol. The highest BCUT2D eigenvalue weighted by atomic mass is 32.2. The Morgan fingerprint density at radius 3 is 2.50 bits per heavy atom. The lowest BCUT2D eigenvalue weighted by Crippen LogP contribution is -2.50. The summed E-state index contributed by atoms with van der Waals surface area (Å²) in [5.41, 5.74) is -0.429. The Morgan fingerprint density at radius 2 is 1.89 bits per heavy atom. The van der Waals surface area contributed by atoms with Gasteiger partial charge in [0.15, 0.2) is 0 Å². The fourth-order valence-electron chi connectivity index (χ4n) is 2.86. The third-order valence-electron chi connectivity index (χ3n) is 4.41. The molecule has 2 aromatic rings. The van der Waals surface area contributed by atoms with E-state index in [0.717, 1.165) is 34.0 Å². The van der Waals surface area contributed by atoms with Gasteiger partial charge in [-0.05, 0) is 36.2 Å². The molecule has 1 aliphatic rings. The molecule has 1 fully saturated rings. The molecular weight excluding hydrogens is 417 g/mol. The quantitative estimate of drug-likeness (QED) is 0.737. The molecule has 7 nitrogen and oxygen atoms in total. The maximum atomic E-state index is 12.9. The number of rotatable bonds is 4. The smallest absolute Gasteiger partial charge is 0.335 e. The first-order chi connectivity index (χ1) is 13.1. The summed E-state index contributed by atoms with van der Waals surface area (Å²) in [6.45, 7) is 2.12. The summed E-state index contributed by atoms with van der Waals surface area (Å²) in [7, 11) is -4.09. The van der Waals surface area contributed by atoms with E-state index in [1.165, 1.54) is 4.90 Å². The molecule has 2 heterocycles. The number of nitrogens with zero attached hydrogens (tertiary/aromatic N) is 4. The fraction of sp³-hybridized carbons (Fsp3) is 0.438. The zero-order valence-corrected chi connectivity index (χ0v) is 16.4. The van der Waals surface area contributed by atoms with E-state index in [-0.39, 0.29) is 32.1 Å². The molecule has 0 N–H and O–H groups in total. The van der Waals surface area contributed by atoms with Crippen molar-refractivity contribution < 1.29 is 26.4 Å². The summed E-state index contributed by atoms with van der Waals surface area (Å²) in [4.78, 5) is 14.1. The van der Waals surface area contributed by atoms with Crippen molar-refractivity contribution in [1.82, 2.24) is 18.8 Å². The molecule has 152 valence electrons. The Kier molecular flexibility index (Phi) is 5.73. The molecule has 3 rings (SSSR count). The Labute approximate surface area is 164 Å². The number of amides is 1. The van der Waals surface area contributed by atoms with Crippen molar-refractivity contribution in [1.29, 1.82) is 0 Å². The molecule has 1 aromatic carbocycles. The number of aryl methyl sites for hydroxylation is 1. The van der Waals surface area contributed by atoms with E-state index >= 15 is 0 Å². The number of sulfonamides is 1. The molecule has 0 spiro atoms. The number of halogens is 3. The van der Waals surface area contributed by atoms with Crippen LogP contribution < -0.4 is 0 Å². The van der Waals surface area contributed by atoms with Crippen LogP contribution in [0.3, 0.4) is 0 Å². The lowest BCUT2D eigenvalue weighted by Gasteiger charge is -2.33. The van der Waals surface area contributed by atoms with Crippen molar-refractivity contribution in [3.8, 4) is 0 Å². The summed E-state index contributed by atoms with van der Waals surface area (Å²) in [6, 6.07) is 3.66. The van der Waals surface area contributed by atoms with Crippen LogP contribution in [0, 0.1) is 0 Å². The van der Waals surface area contributed by atoms with Gasteiger partial charge in [0.25, 0.3) is 5.91 Å². The number of hydrogen-bond donors (Lipinski definition) is 0. The van der Waals surface area contributed by atoms with Gasteiger partial charge < -0.3 is 4.90 Å². The molecule has 1 aliphatic heterocycles. The van der Waals surface area contributed by atoms with Gasteiger partial charge in [-0.3, -0.25) is 4.79 Å². The molecule has 0 aliphatic carbocycles. The van der Waals surface area contributed by atoms with Gasteiger partial charge in [-0.1, -0.05) is 17.5 Å². The van der Waals surface area contributed by atoms with Gasteiger partial charge in [-0.15, -0.1) is 5.10 Å². The van der Waals surface area contributed by atoms with Gasteiger partial charge in [0.05, 0.1) is 16.2 Å². The van der Waals surface area contributed by atoms with Crippen molar-refractivity contribution in [2.24, 2.45) is 0 Å². The van der Waals surface area contributed by atoms with Crippen LogP contribution in [-0.4, -0.2) is 59.3 Å². The van der Waals surface area contributed by atoms with Gasteiger partial charge in [0.2, 0.25) is 10.0 Å². The average Bonchev–Trinajstić information content (AvgIpc) is 3.16. The van der Waals surface area contributed by atoms with Gasteiger partial charge in [-0.2, -0.15) is 17.5 Å². The van der Waals surface area contributed by atoms with Crippen LogP contribution in [0.4, 0.5) is 13.2 Å². The molecule has 0 radical (unpaired) electrons. The van der Waals surface area contributed by atoms with Crippen LogP contribution >= 0.6 is 11.5 Å². The number of carbonyl (C=O) groups excluding carboxylic acids is 1. The first-order valence-electron chi connectivity index (χ1n) is 8.42. The largest absolute Gasteiger partial charge is 0.416 e. The van der Waals surface area contributed by atoms with Gasteiger partial charge >= 0.3 is 6.18 Å². The minimum atomic E-state index is -4.63. The van der Waals surface area contributed by atoms with E-state index in [9.17, 15) is 26.4 Å². The maximum Gasteiger partial charge on any atom is 0.416 e. The van der Waals surface area contributed by atoms with Crippen LogP contribution in [0.2, 0.25) is 0 Å². The van der Waals surface area contributed by atoms with Crippen molar-refractivity contribution in [3.63, 3.8) is 0 Å². The molecule has 0 saturated carbocycles. The summed E-state index contributed by atoms with van der Waals surface area (Å²) in [6.07, 6.45) is -4.07. The Balaban J connectivity index is 1.73. The second kappa shape index (κ2) is 7.76. The van der Waals surface area contributed by atoms with Crippen molar-refractivity contribution in [2.45, 2.75) is 24.4 Å². The van der Waals surface area contributed by atoms with E-state index in [1.54, 1.807) is 0 Å². The molecule has 0 atom stereocenters. The molecule has 1 aromatic heterocycles. The molecule has 12 heteroatoms. The Bertz CT molecular complexity index is 968. The van der Waals surface area contributed by atoms with Crippen LogP contribution in [0.5, 0.6) is 0 Å². The minimum Gasteiger partial charge on any atom is -0.335 e. The third-order valence-corrected chi connectivity index (χ3v) is 7.06. The molecule has 0 bridgehead atoms. The lowest BCUT2D eigenvalue weighted by atomic mass is 10.2. The van der Waals surface area contributed by atoms with Gasteiger partial charge in [0.1, 0.15) is 4.88 Å². The van der Waals surface area contributed by atoms with Crippen LogP contribution in [0.25, 0.3) is 0 Å². The number of hydrogen-bond acceptors (Lipinski definition) is 6. The van der Waals surface area contributed by atoms with E-state index in [0.29, 0.717) is 23.1 Å². The maximum absolute atomic E-state index is 12.9. The summed E-state index contributed by atoms with van der Waals surface area (Å²) in [5.74, 6) is -0.261. The number of benzene rings is 1. The van der Waals surface area contributed by atoms with E-state index < -0.39 is 26.7 Å². The zero-order valence-electron chi connectivity index (χ0n) is 14.8. The molecule has 0 unspecified atom stereocenters. The number of piperazine rings is 1. The summed E-state index contributed by atoms with van der Waals surface area (Å²) >= 11 is 0.992. The molecule has 28 heavy (non-hydrogen) atoms. The van der Waals surface area contributed by atoms with Crippen LogP contribution in [0.1, 0.15) is 27.9 Å². The first kappa shape index (κ1) is 20.7. The molecule has 1 saturated heterocycles. The number of aromatic nitrogens is 2. The Hall–Kier alpha value is -2.05. The predicted molar refractivity (Wildman–Crippen MR) is 95.4 cm³/mol. The van der Waals surface area contributed by atoms with Crippen molar-refractivity contribution >= 4 is 27.5 Å². The third kappa shape index (κ3) is 4.03. The zero-order chi connectivity index (χ0) is 20.5. The molecule has 1 amide bonds. The fourth-order valence-corrected chi connectivity index (χ4v) is 5.05. The van der Waals surface area contributed by atoms with E-state index in [2.05, 4.69) is 9.59 Å². The highest BCUT2D eigenvalue weighted by Gasteiger charge is 2.35. The normalized spacial score (nSPS) is 16.4. The van der Waals surface area contributed by atoms with E-state index in [1.807, 2.05) is 6.92 Å². The van der Waals surface area contributed by atoms with Crippen molar-refractivity contribution in [3.05, 3.63) is 40.4 Å². The second-order valence-electron chi connectivity index (χ2n) is 6.12. The van der Waals surface area contributed by atoms with Crippen LogP contribution in [0.15, 0.2) is 29.2 Å². The van der Waals surface area contributed by atoms with Gasteiger partial charge in [0, 0.05) is 26.2 Å². The number of alkyl halides is 3. The van der Waals surface area contributed by atoms with Gasteiger partial charge in [-0.25, -0.2) is 8.42 Å². The standard InChI is InChI=1S/C16H17F3N4O3S2/c1-2-13-14(27-21-20-13)15(24)22-6-8-23(9-7-22)28(25,26)12-5-3-4-11(10-12)16(17,18)19/h3-5,10H,2,6-9H2,1H3. The highest BCUT2D eigenvalue weighted by Crippen LogP contribution is 2.31. The first-order valence-corrected chi connectivity index (χ1v) is 10.6. The van der Waals surface area contributed by atoms with Crippen molar-refractivity contribution in [2.75, 3.05) is 26.2 Å². The SMILES string of the molecule is CCc1nnsc1C(=O)N1CCN(S(=O)(=O)c2cccc(C(F)(F)F)c2)CC1. The number of carbonyl (C=O) groups is 1. The summed E-state index contributed by atoms with van der Waals surface area (Å²) in [5, 5.41) is 3.90. The lowest BCUT2D eigenvalue weighted by molar-refractivity contribution is -0.137. The Morgan fingerprint density at radius 1 is 1.21 bits per heavy atom. The second-order valence-corrected chi connectivity index (χ2v) is 8.82. The van der Waals surface area contributed by atoms with Crippen LogP contribution in [-0.2, 0) is 22.6 Å². The minimum absolute atomic E-state index is 0.00197. The summed E-state index contributed by atoms with van der Waals surface area (Å²) < 4.78 is 68.9. The molecular formula is C16H17F3N4O3S2. The average molecular weight is 434 g/mol. The topological polar surface area (TPSA) is 83.5 Å². The predicted octanol–water partition coefficient (Wildman–Crippen LogP) is 2.27. The highest BCUT2D eigenvalue weighted by molar-refractivity contribution is 7.89.